The molecule has 0 aliphatic carbocycles. The molecule has 0 spiro atoms. The highest BCUT2D eigenvalue weighted by Crippen LogP contribution is 2.39. The van der Waals surface area contributed by atoms with Crippen LogP contribution in [0.5, 0.6) is 17.2 Å². The minimum absolute atomic E-state index is 0.424. The summed E-state index contributed by atoms with van der Waals surface area (Å²) in [5.74, 6) is 1.62. The molecule has 1 rings (SSSR count). The summed E-state index contributed by atoms with van der Waals surface area (Å²) in [5.41, 5.74) is 1.25. The summed E-state index contributed by atoms with van der Waals surface area (Å²) in [5, 5.41) is 0. The van der Waals surface area contributed by atoms with Crippen LogP contribution in [-0.2, 0) is 0 Å². The molecule has 0 fully saturated rings. The topological polar surface area (TPSA) is 44.8 Å². The lowest BCUT2D eigenvalue weighted by Gasteiger charge is -2.16. The molecule has 0 aliphatic heterocycles. The second-order valence-corrected chi connectivity index (χ2v) is 3.21. The highest BCUT2D eigenvalue weighted by Gasteiger charge is 2.17. The van der Waals surface area contributed by atoms with Crippen LogP contribution in [0.4, 0.5) is 0 Å². The first-order chi connectivity index (χ1) is 7.69. The molecule has 0 N–H and O–H groups in total. The summed E-state index contributed by atoms with van der Waals surface area (Å²) in [6.45, 7) is 4.28. The summed E-state index contributed by atoms with van der Waals surface area (Å²) in [4.78, 5) is 10.9. The number of methoxy groups -OCH3 is 2. The van der Waals surface area contributed by atoms with E-state index >= 15 is 0 Å². The molecule has 0 aromatic heterocycles. The summed E-state index contributed by atoms with van der Waals surface area (Å²) in [6.07, 6.45) is 0.726. The van der Waals surface area contributed by atoms with Gasteiger partial charge in [-0.15, -0.1) is 0 Å². The van der Waals surface area contributed by atoms with Crippen LogP contribution in [0.3, 0.4) is 0 Å². The van der Waals surface area contributed by atoms with E-state index in [9.17, 15) is 4.79 Å². The minimum Gasteiger partial charge on any atom is -0.493 e. The van der Waals surface area contributed by atoms with Crippen molar-refractivity contribution >= 4 is 6.29 Å². The quantitative estimate of drug-likeness (QED) is 0.719. The predicted octanol–water partition coefficient (Wildman–Crippen LogP) is 2.22. The SMILES string of the molecule is CCOc1cc(C=O)c(OC)c(OC)c1C. The van der Waals surface area contributed by atoms with Gasteiger partial charge in [0.1, 0.15) is 5.75 Å². The Kier molecular flexibility index (Phi) is 4.17. The zero-order valence-electron chi connectivity index (χ0n) is 9.99. The van der Waals surface area contributed by atoms with Crippen LogP contribution in [0.1, 0.15) is 22.8 Å². The number of aldehydes is 1. The van der Waals surface area contributed by atoms with Gasteiger partial charge in [-0.2, -0.15) is 0 Å². The third-order valence-electron chi connectivity index (χ3n) is 2.30. The van der Waals surface area contributed by atoms with Crippen molar-refractivity contribution in [2.75, 3.05) is 20.8 Å². The standard InChI is InChI=1S/C12H16O4/c1-5-16-10-6-9(7-13)12(15-4)11(14-3)8(10)2/h6-7H,5H2,1-4H3. The zero-order chi connectivity index (χ0) is 12.1. The van der Waals surface area contributed by atoms with Crippen LogP contribution in [0.2, 0.25) is 0 Å². The van der Waals surface area contributed by atoms with Gasteiger partial charge >= 0.3 is 0 Å². The molecular formula is C12H16O4. The first-order valence-corrected chi connectivity index (χ1v) is 5.03. The minimum atomic E-state index is 0.424. The van der Waals surface area contributed by atoms with Crippen molar-refractivity contribution in [3.63, 3.8) is 0 Å². The molecule has 0 saturated carbocycles. The highest BCUT2D eigenvalue weighted by molar-refractivity contribution is 5.83. The molecule has 4 nitrogen and oxygen atoms in total. The highest BCUT2D eigenvalue weighted by atomic mass is 16.5. The average Bonchev–Trinajstić information content (AvgIpc) is 2.31. The van der Waals surface area contributed by atoms with Gasteiger partial charge in [-0.25, -0.2) is 0 Å². The van der Waals surface area contributed by atoms with E-state index in [1.165, 1.54) is 14.2 Å². The van der Waals surface area contributed by atoms with Crippen molar-refractivity contribution in [2.24, 2.45) is 0 Å². The summed E-state index contributed by atoms with van der Waals surface area (Å²) in [6, 6.07) is 1.66. The molecule has 88 valence electrons. The molecule has 0 heterocycles. The van der Waals surface area contributed by atoms with E-state index < -0.39 is 0 Å². The number of carbonyl (C=O) groups excluding carboxylic acids is 1. The Morgan fingerprint density at radius 1 is 1.25 bits per heavy atom. The molecule has 0 aliphatic rings. The molecule has 0 bridgehead atoms. The molecule has 0 radical (unpaired) electrons. The monoisotopic (exact) mass is 224 g/mol. The third-order valence-corrected chi connectivity index (χ3v) is 2.30. The summed E-state index contributed by atoms with van der Waals surface area (Å²) in [7, 11) is 3.04. The Morgan fingerprint density at radius 2 is 1.88 bits per heavy atom. The molecule has 0 unspecified atom stereocenters. The van der Waals surface area contributed by atoms with E-state index in [1.807, 2.05) is 13.8 Å². The summed E-state index contributed by atoms with van der Waals surface area (Å²) < 4.78 is 15.8. The molecule has 16 heavy (non-hydrogen) atoms. The van der Waals surface area contributed by atoms with Crippen molar-refractivity contribution in [3.8, 4) is 17.2 Å². The predicted molar refractivity (Wildman–Crippen MR) is 60.8 cm³/mol. The van der Waals surface area contributed by atoms with Gasteiger partial charge in [-0.05, 0) is 19.9 Å². The van der Waals surface area contributed by atoms with Crippen LogP contribution in [0.25, 0.3) is 0 Å². The number of hydrogen-bond donors (Lipinski definition) is 0. The molecule has 0 saturated heterocycles. The van der Waals surface area contributed by atoms with Gasteiger partial charge in [-0.3, -0.25) is 4.79 Å². The number of hydrogen-bond acceptors (Lipinski definition) is 4. The fraction of sp³-hybridized carbons (Fsp3) is 0.417. The molecular weight excluding hydrogens is 208 g/mol. The normalized spacial score (nSPS) is 9.75. The van der Waals surface area contributed by atoms with E-state index in [1.54, 1.807) is 6.07 Å². The van der Waals surface area contributed by atoms with Gasteiger partial charge in [0.2, 0.25) is 0 Å². The van der Waals surface area contributed by atoms with Crippen LogP contribution in [-0.4, -0.2) is 27.1 Å². The lowest BCUT2D eigenvalue weighted by molar-refractivity contribution is 0.111. The maximum Gasteiger partial charge on any atom is 0.171 e. The van der Waals surface area contributed by atoms with E-state index in [0.717, 1.165) is 11.8 Å². The Morgan fingerprint density at radius 3 is 2.31 bits per heavy atom. The molecule has 1 aromatic carbocycles. The van der Waals surface area contributed by atoms with Gasteiger partial charge in [-0.1, -0.05) is 0 Å². The maximum atomic E-state index is 10.9. The molecule has 4 heteroatoms. The molecule has 0 amide bonds. The van der Waals surface area contributed by atoms with E-state index in [2.05, 4.69) is 0 Å². The zero-order valence-corrected chi connectivity index (χ0v) is 9.99. The first kappa shape index (κ1) is 12.4. The van der Waals surface area contributed by atoms with Crippen molar-refractivity contribution in [3.05, 3.63) is 17.2 Å². The smallest absolute Gasteiger partial charge is 0.171 e. The average molecular weight is 224 g/mol. The van der Waals surface area contributed by atoms with Gasteiger partial charge < -0.3 is 14.2 Å². The van der Waals surface area contributed by atoms with Crippen molar-refractivity contribution < 1.29 is 19.0 Å². The van der Waals surface area contributed by atoms with Crippen LogP contribution in [0.15, 0.2) is 6.07 Å². The van der Waals surface area contributed by atoms with Crippen LogP contribution < -0.4 is 14.2 Å². The van der Waals surface area contributed by atoms with E-state index in [-0.39, 0.29) is 0 Å². The molecule has 1 aromatic rings. The number of ether oxygens (including phenoxy) is 3. The largest absolute Gasteiger partial charge is 0.493 e. The third kappa shape index (κ3) is 2.10. The second-order valence-electron chi connectivity index (χ2n) is 3.21. The van der Waals surface area contributed by atoms with Crippen molar-refractivity contribution in [1.82, 2.24) is 0 Å². The van der Waals surface area contributed by atoms with E-state index in [0.29, 0.717) is 29.4 Å². The van der Waals surface area contributed by atoms with Crippen molar-refractivity contribution in [2.45, 2.75) is 13.8 Å². The first-order valence-electron chi connectivity index (χ1n) is 5.03. The maximum absolute atomic E-state index is 10.9. The second kappa shape index (κ2) is 5.39. The van der Waals surface area contributed by atoms with Crippen molar-refractivity contribution in [1.29, 1.82) is 0 Å². The van der Waals surface area contributed by atoms with Gasteiger partial charge in [0.25, 0.3) is 0 Å². The van der Waals surface area contributed by atoms with Gasteiger partial charge in [0.05, 0.1) is 26.4 Å². The Bertz CT molecular complexity index is 385. The Hall–Kier alpha value is -1.71. The lowest BCUT2D eigenvalue weighted by atomic mass is 10.1. The molecule has 0 atom stereocenters. The Labute approximate surface area is 95.1 Å². The van der Waals surface area contributed by atoms with E-state index in [4.69, 9.17) is 14.2 Å². The van der Waals surface area contributed by atoms with Gasteiger partial charge in [0.15, 0.2) is 17.8 Å². The lowest BCUT2D eigenvalue weighted by Crippen LogP contribution is -2.02. The number of benzene rings is 1. The fourth-order valence-corrected chi connectivity index (χ4v) is 1.58. The number of rotatable bonds is 5. The summed E-state index contributed by atoms with van der Waals surface area (Å²) >= 11 is 0. The Balaban J connectivity index is 3.41. The van der Waals surface area contributed by atoms with Crippen LogP contribution in [0, 0.1) is 6.92 Å². The van der Waals surface area contributed by atoms with Crippen LogP contribution >= 0.6 is 0 Å². The van der Waals surface area contributed by atoms with Gasteiger partial charge in [0, 0.05) is 5.56 Å². The fourth-order valence-electron chi connectivity index (χ4n) is 1.58. The number of carbonyl (C=O) groups is 1.